The summed E-state index contributed by atoms with van der Waals surface area (Å²) in [7, 11) is -2.51. The molecular weight excluding hydrogens is 364 g/mol. The standard InChI is InChI=1S/C20H26N2O4S/c1-14(2)17-10-11-18(26-4)19(12-17)27(24,25)22-15(3)20(23)21-13-16-8-6-5-7-9-16/h5-12,14-15,22H,13H2,1-4H3,(H,21,23). The third-order valence-corrected chi connectivity index (χ3v) is 5.74. The maximum Gasteiger partial charge on any atom is 0.244 e. The zero-order valence-corrected chi connectivity index (χ0v) is 16.8. The molecule has 146 valence electrons. The van der Waals surface area contributed by atoms with Crippen LogP contribution in [0.15, 0.2) is 53.4 Å². The van der Waals surface area contributed by atoms with E-state index >= 15 is 0 Å². The van der Waals surface area contributed by atoms with Crippen molar-refractivity contribution in [3.8, 4) is 5.75 Å². The molecule has 2 aromatic carbocycles. The maximum atomic E-state index is 12.8. The fraction of sp³-hybridized carbons (Fsp3) is 0.350. The first-order valence-electron chi connectivity index (χ1n) is 8.76. The Morgan fingerprint density at radius 2 is 1.74 bits per heavy atom. The van der Waals surface area contributed by atoms with Crippen LogP contribution in [-0.2, 0) is 21.4 Å². The summed E-state index contributed by atoms with van der Waals surface area (Å²) in [5, 5.41) is 2.73. The van der Waals surface area contributed by atoms with Crippen molar-refractivity contribution in [1.82, 2.24) is 10.0 Å². The molecule has 2 N–H and O–H groups in total. The lowest BCUT2D eigenvalue weighted by atomic mass is 10.0. The molecule has 0 aromatic heterocycles. The van der Waals surface area contributed by atoms with E-state index in [2.05, 4.69) is 10.0 Å². The molecule has 6 nitrogen and oxygen atoms in total. The number of hydrogen-bond donors (Lipinski definition) is 2. The summed E-state index contributed by atoms with van der Waals surface area (Å²) in [4.78, 5) is 12.3. The van der Waals surface area contributed by atoms with Crippen molar-refractivity contribution in [3.05, 3.63) is 59.7 Å². The lowest BCUT2D eigenvalue weighted by Crippen LogP contribution is -2.44. The Kier molecular flexibility index (Phi) is 6.98. The Labute approximate surface area is 161 Å². The minimum absolute atomic E-state index is 0.0268. The van der Waals surface area contributed by atoms with Crippen LogP contribution in [0.1, 0.15) is 37.8 Å². The average molecular weight is 391 g/mol. The number of methoxy groups -OCH3 is 1. The summed E-state index contributed by atoms with van der Waals surface area (Å²) >= 11 is 0. The zero-order chi connectivity index (χ0) is 20.0. The van der Waals surface area contributed by atoms with Gasteiger partial charge in [0.05, 0.1) is 13.2 Å². The highest BCUT2D eigenvalue weighted by Gasteiger charge is 2.25. The average Bonchev–Trinajstić information content (AvgIpc) is 2.65. The third kappa shape index (κ3) is 5.55. The number of carbonyl (C=O) groups is 1. The van der Waals surface area contributed by atoms with Crippen LogP contribution in [0.2, 0.25) is 0 Å². The predicted molar refractivity (Wildman–Crippen MR) is 105 cm³/mol. The molecular formula is C20H26N2O4S. The highest BCUT2D eigenvalue weighted by Crippen LogP contribution is 2.28. The van der Waals surface area contributed by atoms with Gasteiger partial charge >= 0.3 is 0 Å². The summed E-state index contributed by atoms with van der Waals surface area (Å²) in [6.45, 7) is 5.80. The Morgan fingerprint density at radius 3 is 2.33 bits per heavy atom. The molecule has 2 aromatic rings. The molecule has 1 amide bonds. The topological polar surface area (TPSA) is 84.5 Å². The Morgan fingerprint density at radius 1 is 1.07 bits per heavy atom. The smallest absolute Gasteiger partial charge is 0.244 e. The lowest BCUT2D eigenvalue weighted by molar-refractivity contribution is -0.122. The van der Waals surface area contributed by atoms with Crippen molar-refractivity contribution in [2.45, 2.75) is 44.2 Å². The van der Waals surface area contributed by atoms with E-state index in [1.807, 2.05) is 50.2 Å². The number of carbonyl (C=O) groups excluding carboxylic acids is 1. The van der Waals surface area contributed by atoms with Crippen molar-refractivity contribution in [1.29, 1.82) is 0 Å². The van der Waals surface area contributed by atoms with Crippen LogP contribution >= 0.6 is 0 Å². The summed E-state index contributed by atoms with van der Waals surface area (Å²) in [6, 6.07) is 13.5. The molecule has 0 aliphatic rings. The van der Waals surface area contributed by atoms with Crippen LogP contribution in [0.25, 0.3) is 0 Å². The molecule has 27 heavy (non-hydrogen) atoms. The van der Waals surface area contributed by atoms with Crippen molar-refractivity contribution >= 4 is 15.9 Å². The normalized spacial score (nSPS) is 12.6. The second-order valence-corrected chi connectivity index (χ2v) is 8.29. The summed E-state index contributed by atoms with van der Waals surface area (Å²) in [6.07, 6.45) is 0. The number of benzene rings is 2. The van der Waals surface area contributed by atoms with Crippen LogP contribution in [-0.4, -0.2) is 27.5 Å². The monoisotopic (exact) mass is 390 g/mol. The van der Waals surface area contributed by atoms with E-state index in [4.69, 9.17) is 4.74 Å². The minimum Gasteiger partial charge on any atom is -0.495 e. The number of sulfonamides is 1. The SMILES string of the molecule is COc1ccc(C(C)C)cc1S(=O)(=O)NC(C)C(=O)NCc1ccccc1. The van der Waals surface area contributed by atoms with Gasteiger partial charge in [0.25, 0.3) is 0 Å². The molecule has 7 heteroatoms. The molecule has 1 atom stereocenters. The summed E-state index contributed by atoms with van der Waals surface area (Å²) < 4.78 is 33.2. The van der Waals surface area contributed by atoms with Crippen LogP contribution < -0.4 is 14.8 Å². The molecule has 0 saturated heterocycles. The summed E-state index contributed by atoms with van der Waals surface area (Å²) in [5.74, 6) is 0.00153. The molecule has 0 saturated carbocycles. The van der Waals surface area contributed by atoms with E-state index in [9.17, 15) is 13.2 Å². The molecule has 0 aliphatic carbocycles. The maximum absolute atomic E-state index is 12.8. The van der Waals surface area contributed by atoms with E-state index in [0.717, 1.165) is 11.1 Å². The van der Waals surface area contributed by atoms with Crippen molar-refractivity contribution in [2.24, 2.45) is 0 Å². The second kappa shape index (κ2) is 9.01. The molecule has 0 heterocycles. The van der Waals surface area contributed by atoms with Gasteiger partial charge in [-0.15, -0.1) is 0 Å². The molecule has 0 bridgehead atoms. The molecule has 2 rings (SSSR count). The first-order chi connectivity index (χ1) is 12.7. The summed E-state index contributed by atoms with van der Waals surface area (Å²) in [5.41, 5.74) is 1.81. The van der Waals surface area contributed by atoms with Gasteiger partial charge in [-0.3, -0.25) is 4.79 Å². The van der Waals surface area contributed by atoms with Gasteiger partial charge in [0.1, 0.15) is 10.6 Å². The molecule has 0 spiro atoms. The van der Waals surface area contributed by atoms with Gasteiger partial charge < -0.3 is 10.1 Å². The Balaban J connectivity index is 2.12. The van der Waals surface area contributed by atoms with Gasteiger partial charge in [0.2, 0.25) is 15.9 Å². The Hall–Kier alpha value is -2.38. The largest absolute Gasteiger partial charge is 0.495 e. The second-order valence-electron chi connectivity index (χ2n) is 6.61. The van der Waals surface area contributed by atoms with Crippen molar-refractivity contribution in [2.75, 3.05) is 7.11 Å². The number of nitrogens with one attached hydrogen (secondary N) is 2. The van der Waals surface area contributed by atoms with E-state index in [1.54, 1.807) is 12.1 Å². The van der Waals surface area contributed by atoms with Crippen molar-refractivity contribution < 1.29 is 17.9 Å². The van der Waals surface area contributed by atoms with E-state index < -0.39 is 22.0 Å². The van der Waals surface area contributed by atoms with Gasteiger partial charge in [-0.1, -0.05) is 50.2 Å². The minimum atomic E-state index is -3.92. The van der Waals surface area contributed by atoms with Gasteiger partial charge in [0.15, 0.2) is 0 Å². The lowest BCUT2D eigenvalue weighted by Gasteiger charge is -2.17. The van der Waals surface area contributed by atoms with Gasteiger partial charge in [0, 0.05) is 6.54 Å². The fourth-order valence-electron chi connectivity index (χ4n) is 2.55. The highest BCUT2D eigenvalue weighted by atomic mass is 32.2. The van der Waals surface area contributed by atoms with Crippen LogP contribution in [0.3, 0.4) is 0 Å². The van der Waals surface area contributed by atoms with Crippen LogP contribution in [0.5, 0.6) is 5.75 Å². The van der Waals surface area contributed by atoms with E-state index in [0.29, 0.717) is 6.54 Å². The fourth-order valence-corrected chi connectivity index (χ4v) is 3.96. The number of amides is 1. The number of ether oxygens (including phenoxy) is 1. The Bertz CT molecular complexity index is 880. The van der Waals surface area contributed by atoms with Crippen LogP contribution in [0.4, 0.5) is 0 Å². The molecule has 0 aliphatic heterocycles. The molecule has 1 unspecified atom stereocenters. The quantitative estimate of drug-likeness (QED) is 0.726. The third-order valence-electron chi connectivity index (χ3n) is 4.18. The van der Waals surface area contributed by atoms with E-state index in [1.165, 1.54) is 14.0 Å². The first-order valence-corrected chi connectivity index (χ1v) is 10.2. The first kappa shape index (κ1) is 20.9. The van der Waals surface area contributed by atoms with Gasteiger partial charge in [-0.2, -0.15) is 4.72 Å². The molecule has 0 fully saturated rings. The number of rotatable bonds is 8. The van der Waals surface area contributed by atoms with Gasteiger partial charge in [-0.05, 0) is 36.1 Å². The van der Waals surface area contributed by atoms with Gasteiger partial charge in [-0.25, -0.2) is 8.42 Å². The van der Waals surface area contributed by atoms with Crippen LogP contribution in [0, 0.1) is 0 Å². The highest BCUT2D eigenvalue weighted by molar-refractivity contribution is 7.89. The molecule has 0 radical (unpaired) electrons. The number of hydrogen-bond acceptors (Lipinski definition) is 4. The predicted octanol–water partition coefficient (Wildman–Crippen LogP) is 2.80. The zero-order valence-electron chi connectivity index (χ0n) is 16.0. The van der Waals surface area contributed by atoms with Crippen molar-refractivity contribution in [3.63, 3.8) is 0 Å². The van der Waals surface area contributed by atoms with E-state index in [-0.39, 0.29) is 16.6 Å².